The molecule has 0 bridgehead atoms. The fourth-order valence-corrected chi connectivity index (χ4v) is 2.18. The van der Waals surface area contributed by atoms with Crippen LogP contribution in [0.15, 0.2) is 33.4 Å². The number of aromatic nitrogens is 1. The van der Waals surface area contributed by atoms with Crippen molar-refractivity contribution in [3.63, 3.8) is 0 Å². The molecule has 0 spiro atoms. The first kappa shape index (κ1) is 12.2. The number of rotatable bonds is 4. The molecule has 1 aliphatic carbocycles. The molecule has 1 heterocycles. The summed E-state index contributed by atoms with van der Waals surface area (Å²) in [7, 11) is 0. The minimum atomic E-state index is 0.625. The number of hydrogen-bond acceptors (Lipinski definition) is 3. The molecule has 1 aromatic carbocycles. The molecule has 94 valence electrons. The Kier molecular flexibility index (Phi) is 3.41. The van der Waals surface area contributed by atoms with Crippen molar-refractivity contribution in [3.05, 3.63) is 39.7 Å². The minimum Gasteiger partial charge on any atom is -0.444 e. The van der Waals surface area contributed by atoms with E-state index in [0.29, 0.717) is 17.0 Å². The molecule has 0 saturated heterocycles. The Morgan fingerprint density at radius 1 is 1.44 bits per heavy atom. The molecule has 1 fully saturated rings. The predicted octanol–water partition coefficient (Wildman–Crippen LogP) is 4.01. The highest BCUT2D eigenvalue weighted by molar-refractivity contribution is 9.10. The molecule has 1 aliphatic rings. The quantitative estimate of drug-likeness (QED) is 0.922. The molecule has 3 rings (SSSR count). The third-order valence-electron chi connectivity index (χ3n) is 2.87. The molecule has 1 N–H and O–H groups in total. The molecule has 1 aromatic heterocycles. The van der Waals surface area contributed by atoms with Gasteiger partial charge in [0.25, 0.3) is 0 Å². The lowest BCUT2D eigenvalue weighted by atomic mass is 10.2. The van der Waals surface area contributed by atoms with Gasteiger partial charge in [-0.2, -0.15) is 0 Å². The van der Waals surface area contributed by atoms with Crippen LogP contribution in [-0.2, 0) is 6.54 Å². The van der Waals surface area contributed by atoms with Crippen molar-refractivity contribution < 1.29 is 4.42 Å². The maximum Gasteiger partial charge on any atom is 0.226 e. The molecule has 0 unspecified atom stereocenters. The van der Waals surface area contributed by atoms with Crippen molar-refractivity contribution in [1.29, 1.82) is 0 Å². The van der Waals surface area contributed by atoms with Crippen molar-refractivity contribution >= 4 is 27.5 Å². The summed E-state index contributed by atoms with van der Waals surface area (Å²) in [5.41, 5.74) is 1.85. The van der Waals surface area contributed by atoms with E-state index in [1.807, 2.05) is 18.2 Å². The standard InChI is InChI=1S/C13H12BrClN2O/c14-11-5-8(1-4-12(11)15)13-17-10(7-18-13)6-16-9-2-3-9/h1,4-5,7,9,16H,2-3,6H2. The summed E-state index contributed by atoms with van der Waals surface area (Å²) in [6, 6.07) is 6.31. The largest absolute Gasteiger partial charge is 0.444 e. The van der Waals surface area contributed by atoms with E-state index < -0.39 is 0 Å². The third-order valence-corrected chi connectivity index (χ3v) is 4.08. The first-order chi connectivity index (χ1) is 8.72. The Bertz CT molecular complexity index is 566. The molecular formula is C13H12BrClN2O. The van der Waals surface area contributed by atoms with Gasteiger partial charge in [-0.15, -0.1) is 0 Å². The number of halogens is 2. The Labute approximate surface area is 119 Å². The third kappa shape index (κ3) is 2.76. The molecule has 1 saturated carbocycles. The van der Waals surface area contributed by atoms with Gasteiger partial charge < -0.3 is 9.73 Å². The molecule has 0 aliphatic heterocycles. The van der Waals surface area contributed by atoms with E-state index in [9.17, 15) is 0 Å². The Balaban J connectivity index is 1.76. The van der Waals surface area contributed by atoms with E-state index in [1.165, 1.54) is 12.8 Å². The van der Waals surface area contributed by atoms with Gasteiger partial charge in [-0.3, -0.25) is 0 Å². The summed E-state index contributed by atoms with van der Waals surface area (Å²) in [5.74, 6) is 0.625. The zero-order chi connectivity index (χ0) is 12.5. The van der Waals surface area contributed by atoms with Gasteiger partial charge in [0.2, 0.25) is 5.89 Å². The van der Waals surface area contributed by atoms with Crippen LogP contribution in [0.4, 0.5) is 0 Å². The predicted molar refractivity (Wildman–Crippen MR) is 74.5 cm³/mol. The number of oxazole rings is 1. The average Bonchev–Trinajstić information content (AvgIpc) is 3.08. The summed E-state index contributed by atoms with van der Waals surface area (Å²) in [6.07, 6.45) is 4.25. The first-order valence-corrected chi connectivity index (χ1v) is 7.02. The molecule has 18 heavy (non-hydrogen) atoms. The molecule has 2 aromatic rings. The summed E-state index contributed by atoms with van der Waals surface area (Å²) in [4.78, 5) is 4.46. The highest BCUT2D eigenvalue weighted by atomic mass is 79.9. The van der Waals surface area contributed by atoms with E-state index in [2.05, 4.69) is 26.2 Å². The highest BCUT2D eigenvalue weighted by Gasteiger charge is 2.20. The van der Waals surface area contributed by atoms with Gasteiger partial charge in [-0.1, -0.05) is 11.6 Å². The van der Waals surface area contributed by atoms with Gasteiger partial charge in [0.15, 0.2) is 0 Å². The van der Waals surface area contributed by atoms with Gasteiger partial charge in [0.05, 0.1) is 10.7 Å². The maximum absolute atomic E-state index is 5.96. The van der Waals surface area contributed by atoms with Gasteiger partial charge in [0, 0.05) is 22.6 Å². The Morgan fingerprint density at radius 2 is 2.28 bits per heavy atom. The number of hydrogen-bond donors (Lipinski definition) is 1. The molecular weight excluding hydrogens is 316 g/mol. The summed E-state index contributed by atoms with van der Waals surface area (Å²) < 4.78 is 6.33. The maximum atomic E-state index is 5.96. The van der Waals surface area contributed by atoms with E-state index in [1.54, 1.807) is 6.26 Å². The van der Waals surface area contributed by atoms with Crippen LogP contribution >= 0.6 is 27.5 Å². The summed E-state index contributed by atoms with van der Waals surface area (Å²) in [5, 5.41) is 4.09. The number of nitrogens with one attached hydrogen (secondary N) is 1. The molecule has 3 nitrogen and oxygen atoms in total. The van der Waals surface area contributed by atoms with Gasteiger partial charge in [-0.25, -0.2) is 4.98 Å². The highest BCUT2D eigenvalue weighted by Crippen LogP contribution is 2.28. The van der Waals surface area contributed by atoms with Crippen LogP contribution in [0.3, 0.4) is 0 Å². The lowest BCUT2D eigenvalue weighted by Gasteiger charge is -1.99. The van der Waals surface area contributed by atoms with Gasteiger partial charge >= 0.3 is 0 Å². The lowest BCUT2D eigenvalue weighted by Crippen LogP contribution is -2.15. The topological polar surface area (TPSA) is 38.1 Å². The smallest absolute Gasteiger partial charge is 0.226 e. The molecule has 0 atom stereocenters. The normalized spacial score (nSPS) is 15.0. The van der Waals surface area contributed by atoms with Crippen LogP contribution in [0.1, 0.15) is 18.5 Å². The fraction of sp³-hybridized carbons (Fsp3) is 0.308. The van der Waals surface area contributed by atoms with E-state index in [0.717, 1.165) is 22.3 Å². The fourth-order valence-electron chi connectivity index (χ4n) is 1.69. The average molecular weight is 328 g/mol. The SMILES string of the molecule is Clc1ccc(-c2nc(CNC3CC3)co2)cc1Br. The Hall–Kier alpha value is -0.840. The summed E-state index contributed by atoms with van der Waals surface area (Å²) >= 11 is 9.35. The first-order valence-electron chi connectivity index (χ1n) is 5.85. The van der Waals surface area contributed by atoms with Crippen molar-refractivity contribution in [1.82, 2.24) is 10.3 Å². The minimum absolute atomic E-state index is 0.625. The van der Waals surface area contributed by atoms with Crippen molar-refractivity contribution in [2.75, 3.05) is 0 Å². The zero-order valence-corrected chi connectivity index (χ0v) is 12.0. The number of nitrogens with zero attached hydrogens (tertiary/aromatic N) is 1. The lowest BCUT2D eigenvalue weighted by molar-refractivity contribution is 0.570. The van der Waals surface area contributed by atoms with Crippen molar-refractivity contribution in [2.45, 2.75) is 25.4 Å². The Morgan fingerprint density at radius 3 is 3.00 bits per heavy atom. The second kappa shape index (κ2) is 5.03. The van der Waals surface area contributed by atoms with Crippen LogP contribution in [0.2, 0.25) is 5.02 Å². The van der Waals surface area contributed by atoms with Crippen LogP contribution in [-0.4, -0.2) is 11.0 Å². The monoisotopic (exact) mass is 326 g/mol. The van der Waals surface area contributed by atoms with E-state index >= 15 is 0 Å². The second-order valence-electron chi connectivity index (χ2n) is 4.43. The van der Waals surface area contributed by atoms with E-state index in [-0.39, 0.29) is 0 Å². The van der Waals surface area contributed by atoms with Crippen LogP contribution < -0.4 is 5.32 Å². The molecule has 0 radical (unpaired) electrons. The van der Waals surface area contributed by atoms with Crippen molar-refractivity contribution in [3.8, 4) is 11.5 Å². The van der Waals surface area contributed by atoms with Crippen molar-refractivity contribution in [2.24, 2.45) is 0 Å². The van der Waals surface area contributed by atoms with Crippen LogP contribution in [0, 0.1) is 0 Å². The van der Waals surface area contributed by atoms with Crippen LogP contribution in [0.5, 0.6) is 0 Å². The molecule has 5 heteroatoms. The van der Waals surface area contributed by atoms with E-state index in [4.69, 9.17) is 16.0 Å². The second-order valence-corrected chi connectivity index (χ2v) is 5.69. The zero-order valence-electron chi connectivity index (χ0n) is 9.62. The molecule has 0 amide bonds. The summed E-state index contributed by atoms with van der Waals surface area (Å²) in [6.45, 7) is 0.767. The number of benzene rings is 1. The van der Waals surface area contributed by atoms with Gasteiger partial charge in [0.1, 0.15) is 6.26 Å². The van der Waals surface area contributed by atoms with Crippen LogP contribution in [0.25, 0.3) is 11.5 Å². The van der Waals surface area contributed by atoms with Gasteiger partial charge in [-0.05, 0) is 47.0 Å².